The molecule has 0 spiro atoms. The molecule has 7 nitrogen and oxygen atoms in total. The van der Waals surface area contributed by atoms with E-state index in [9.17, 15) is 26.4 Å². The fourth-order valence-electron chi connectivity index (χ4n) is 2.53. The number of halogens is 3. The van der Waals surface area contributed by atoms with Crippen LogP contribution in [0.3, 0.4) is 0 Å². The zero-order chi connectivity index (χ0) is 20.4. The Labute approximate surface area is 154 Å². The Bertz CT molecular complexity index is 919. The van der Waals surface area contributed by atoms with E-state index in [0.717, 1.165) is 16.4 Å². The molecule has 1 aromatic carbocycles. The van der Waals surface area contributed by atoms with Gasteiger partial charge in [-0.15, -0.1) is 0 Å². The molecule has 1 aromatic heterocycles. The number of hydrogen-bond donors (Lipinski definition) is 1. The standard InChI is InChI=1S/C16H18F3N3O4S/c1-4-22(27(24,25)15-10(2)21-26-11(15)3)9-14(23)20-13-8-6-5-7-12(13)16(17,18)19/h5-8H,4,9H2,1-3H3,(H,20,23). The number of anilines is 1. The number of amides is 1. The second kappa shape index (κ2) is 7.69. The lowest BCUT2D eigenvalue weighted by Gasteiger charge is -2.20. The molecule has 0 radical (unpaired) electrons. The summed E-state index contributed by atoms with van der Waals surface area (Å²) in [5, 5.41) is 5.70. The van der Waals surface area contributed by atoms with Crippen LogP contribution in [0.5, 0.6) is 0 Å². The van der Waals surface area contributed by atoms with E-state index in [2.05, 4.69) is 10.5 Å². The van der Waals surface area contributed by atoms with E-state index in [1.807, 2.05) is 0 Å². The zero-order valence-corrected chi connectivity index (χ0v) is 15.6. The molecule has 0 bridgehead atoms. The van der Waals surface area contributed by atoms with Crippen LogP contribution in [0.4, 0.5) is 18.9 Å². The van der Waals surface area contributed by atoms with Crippen LogP contribution in [0, 0.1) is 13.8 Å². The number of sulfonamides is 1. The molecule has 148 valence electrons. The lowest BCUT2D eigenvalue weighted by atomic mass is 10.1. The number of carbonyl (C=O) groups is 1. The first-order valence-corrected chi connectivity index (χ1v) is 9.31. The lowest BCUT2D eigenvalue weighted by Crippen LogP contribution is -2.38. The molecule has 1 amide bonds. The first-order chi connectivity index (χ1) is 12.5. The zero-order valence-electron chi connectivity index (χ0n) is 14.8. The minimum atomic E-state index is -4.66. The van der Waals surface area contributed by atoms with Gasteiger partial charge in [0, 0.05) is 6.54 Å². The number of rotatable bonds is 6. The van der Waals surface area contributed by atoms with Gasteiger partial charge in [-0.25, -0.2) is 8.42 Å². The SMILES string of the molecule is CCN(CC(=O)Nc1ccccc1C(F)(F)F)S(=O)(=O)c1c(C)noc1C. The maximum absolute atomic E-state index is 13.0. The highest BCUT2D eigenvalue weighted by atomic mass is 32.2. The number of nitrogens with zero attached hydrogens (tertiary/aromatic N) is 2. The smallest absolute Gasteiger partial charge is 0.360 e. The van der Waals surface area contributed by atoms with Gasteiger partial charge in [-0.2, -0.15) is 17.5 Å². The number of benzene rings is 1. The monoisotopic (exact) mass is 405 g/mol. The molecular weight excluding hydrogens is 387 g/mol. The summed E-state index contributed by atoms with van der Waals surface area (Å²) in [5.74, 6) is -0.835. The van der Waals surface area contributed by atoms with E-state index in [4.69, 9.17) is 4.52 Å². The van der Waals surface area contributed by atoms with Crippen molar-refractivity contribution in [3.63, 3.8) is 0 Å². The average Bonchev–Trinajstić information content (AvgIpc) is 2.91. The Morgan fingerprint density at radius 3 is 2.41 bits per heavy atom. The summed E-state index contributed by atoms with van der Waals surface area (Å²) < 4.78 is 70.2. The summed E-state index contributed by atoms with van der Waals surface area (Å²) in [7, 11) is -4.10. The third-order valence-electron chi connectivity index (χ3n) is 3.74. The molecule has 27 heavy (non-hydrogen) atoms. The molecule has 0 fully saturated rings. The third kappa shape index (κ3) is 4.48. The maximum Gasteiger partial charge on any atom is 0.418 e. The average molecular weight is 405 g/mol. The summed E-state index contributed by atoms with van der Waals surface area (Å²) in [6, 6.07) is 4.45. The number of aromatic nitrogens is 1. The van der Waals surface area contributed by atoms with Gasteiger partial charge in [-0.1, -0.05) is 24.2 Å². The van der Waals surface area contributed by atoms with Gasteiger partial charge in [0.1, 0.15) is 10.6 Å². The quantitative estimate of drug-likeness (QED) is 0.798. The summed E-state index contributed by atoms with van der Waals surface area (Å²) in [6.45, 7) is 3.64. The second-order valence-corrected chi connectivity index (χ2v) is 7.55. The Kier molecular flexibility index (Phi) is 5.95. The topological polar surface area (TPSA) is 92.5 Å². The molecule has 0 unspecified atom stereocenters. The molecule has 0 saturated carbocycles. The predicted molar refractivity (Wildman–Crippen MR) is 90.5 cm³/mol. The second-order valence-electron chi connectivity index (χ2n) is 5.68. The van der Waals surface area contributed by atoms with Gasteiger partial charge < -0.3 is 9.84 Å². The molecule has 0 saturated heterocycles. The van der Waals surface area contributed by atoms with Crippen molar-refractivity contribution in [2.75, 3.05) is 18.4 Å². The molecule has 0 atom stereocenters. The van der Waals surface area contributed by atoms with E-state index in [-0.39, 0.29) is 22.9 Å². The van der Waals surface area contributed by atoms with Crippen molar-refractivity contribution in [3.8, 4) is 0 Å². The first kappa shape index (κ1) is 20.9. The van der Waals surface area contributed by atoms with Gasteiger partial charge >= 0.3 is 6.18 Å². The predicted octanol–water partition coefficient (Wildman–Crippen LogP) is 2.96. The van der Waals surface area contributed by atoms with Crippen molar-refractivity contribution in [2.45, 2.75) is 31.8 Å². The summed E-state index contributed by atoms with van der Waals surface area (Å²) >= 11 is 0. The van der Waals surface area contributed by atoms with Crippen LogP contribution in [0.15, 0.2) is 33.7 Å². The van der Waals surface area contributed by atoms with Crippen molar-refractivity contribution in [2.24, 2.45) is 0 Å². The number of carbonyl (C=O) groups excluding carboxylic acids is 1. The molecule has 2 aromatic rings. The van der Waals surface area contributed by atoms with Crippen LogP contribution < -0.4 is 5.32 Å². The third-order valence-corrected chi connectivity index (χ3v) is 5.91. The molecule has 11 heteroatoms. The minimum Gasteiger partial charge on any atom is -0.360 e. The van der Waals surface area contributed by atoms with Crippen LogP contribution in [-0.2, 0) is 21.0 Å². The van der Waals surface area contributed by atoms with E-state index < -0.39 is 39.9 Å². The van der Waals surface area contributed by atoms with Crippen molar-refractivity contribution in [1.29, 1.82) is 0 Å². The van der Waals surface area contributed by atoms with Gasteiger partial charge in [-0.05, 0) is 26.0 Å². The summed E-state index contributed by atoms with van der Waals surface area (Å²) in [4.78, 5) is 12.1. The van der Waals surface area contributed by atoms with E-state index in [1.54, 1.807) is 0 Å². The van der Waals surface area contributed by atoms with Crippen LogP contribution in [-0.4, -0.2) is 36.9 Å². The minimum absolute atomic E-state index is 0.0637. The number of aryl methyl sites for hydroxylation is 2. The number of hydrogen-bond acceptors (Lipinski definition) is 5. The van der Waals surface area contributed by atoms with E-state index >= 15 is 0 Å². The van der Waals surface area contributed by atoms with Crippen LogP contribution in [0.2, 0.25) is 0 Å². The fourth-order valence-corrected chi connectivity index (χ4v) is 4.22. The van der Waals surface area contributed by atoms with Gasteiger partial charge in [0.15, 0.2) is 5.76 Å². The number of likely N-dealkylation sites (N-methyl/N-ethyl adjacent to an activating group) is 1. The van der Waals surface area contributed by atoms with Crippen molar-refractivity contribution >= 4 is 21.6 Å². The van der Waals surface area contributed by atoms with Crippen LogP contribution >= 0.6 is 0 Å². The van der Waals surface area contributed by atoms with Crippen LogP contribution in [0.1, 0.15) is 23.9 Å². The molecule has 2 rings (SSSR count). The first-order valence-electron chi connectivity index (χ1n) is 7.87. The van der Waals surface area contributed by atoms with E-state index in [1.165, 1.54) is 32.9 Å². The van der Waals surface area contributed by atoms with Crippen molar-refractivity contribution in [3.05, 3.63) is 41.3 Å². The van der Waals surface area contributed by atoms with Crippen LogP contribution in [0.25, 0.3) is 0 Å². The highest BCUT2D eigenvalue weighted by molar-refractivity contribution is 7.89. The molecular formula is C16H18F3N3O4S. The Morgan fingerprint density at radius 1 is 1.26 bits per heavy atom. The van der Waals surface area contributed by atoms with E-state index in [0.29, 0.717) is 0 Å². The normalized spacial score (nSPS) is 12.4. The number of para-hydroxylation sites is 1. The summed E-state index contributed by atoms with van der Waals surface area (Å²) in [5.41, 5.74) is -1.33. The molecule has 0 aliphatic carbocycles. The highest BCUT2D eigenvalue weighted by Crippen LogP contribution is 2.34. The van der Waals surface area contributed by atoms with Gasteiger partial charge in [0.05, 0.1) is 17.8 Å². The fraction of sp³-hybridized carbons (Fsp3) is 0.375. The summed E-state index contributed by atoms with van der Waals surface area (Å²) in [6.07, 6.45) is -4.66. The Hall–Kier alpha value is -2.40. The molecule has 0 aliphatic heterocycles. The van der Waals surface area contributed by atoms with Gasteiger partial charge in [-0.3, -0.25) is 4.79 Å². The van der Waals surface area contributed by atoms with Gasteiger partial charge in [0.25, 0.3) is 0 Å². The van der Waals surface area contributed by atoms with Crippen molar-refractivity contribution in [1.82, 2.24) is 9.46 Å². The van der Waals surface area contributed by atoms with Crippen molar-refractivity contribution < 1.29 is 30.9 Å². The maximum atomic E-state index is 13.0. The molecule has 1 N–H and O–H groups in total. The molecule has 0 aliphatic rings. The number of nitrogens with one attached hydrogen (secondary N) is 1. The largest absolute Gasteiger partial charge is 0.418 e. The molecule has 1 heterocycles. The Morgan fingerprint density at radius 2 is 1.89 bits per heavy atom. The highest BCUT2D eigenvalue weighted by Gasteiger charge is 2.35. The van der Waals surface area contributed by atoms with Gasteiger partial charge in [0.2, 0.25) is 15.9 Å². The lowest BCUT2D eigenvalue weighted by molar-refractivity contribution is -0.137. The number of alkyl halides is 3. The Balaban J connectivity index is 2.24.